The van der Waals surface area contributed by atoms with Crippen molar-refractivity contribution in [1.29, 1.82) is 0 Å². The van der Waals surface area contributed by atoms with Crippen LogP contribution in [0.25, 0.3) is 21.5 Å². The van der Waals surface area contributed by atoms with Crippen LogP contribution in [-0.4, -0.2) is 28.7 Å². The van der Waals surface area contributed by atoms with Gasteiger partial charge in [0.15, 0.2) is 0 Å². The molecule has 1 saturated carbocycles. The van der Waals surface area contributed by atoms with Gasteiger partial charge in [-0.1, -0.05) is 55.5 Å². The summed E-state index contributed by atoms with van der Waals surface area (Å²) in [5.74, 6) is 0.361. The molecular weight excluding hydrogens is 362 g/mol. The quantitative estimate of drug-likeness (QED) is 0.390. The van der Waals surface area contributed by atoms with Gasteiger partial charge in [0, 0.05) is 5.56 Å². The number of hydrazone groups is 1. The first kappa shape index (κ1) is 17.9. The third-order valence-corrected chi connectivity index (χ3v) is 6.38. The molecule has 1 aliphatic heterocycles. The summed E-state index contributed by atoms with van der Waals surface area (Å²) < 4.78 is 0. The first-order valence-corrected chi connectivity index (χ1v) is 10.2. The molecule has 0 radical (unpaired) electrons. The third kappa shape index (κ3) is 2.89. The fourth-order valence-corrected chi connectivity index (χ4v) is 4.61. The molecule has 1 spiro atoms. The maximum atomic E-state index is 13.1. The molecule has 1 saturated heterocycles. The molecule has 3 aromatic rings. The number of amides is 3. The highest BCUT2D eigenvalue weighted by Crippen LogP contribution is 2.36. The molecule has 0 aromatic heterocycles. The van der Waals surface area contributed by atoms with E-state index < -0.39 is 11.6 Å². The number of carbonyl (C=O) groups excluding carboxylic acids is 2. The van der Waals surface area contributed by atoms with E-state index in [-0.39, 0.29) is 5.91 Å². The second-order valence-corrected chi connectivity index (χ2v) is 8.29. The summed E-state index contributed by atoms with van der Waals surface area (Å²) in [6.07, 6.45) is 4.91. The van der Waals surface area contributed by atoms with Crippen LogP contribution in [-0.2, 0) is 4.79 Å². The molecule has 2 aliphatic rings. The van der Waals surface area contributed by atoms with Crippen molar-refractivity contribution >= 4 is 39.7 Å². The first-order chi connectivity index (χ1) is 14.1. The number of imide groups is 1. The van der Waals surface area contributed by atoms with Crippen molar-refractivity contribution in [3.05, 3.63) is 60.2 Å². The van der Waals surface area contributed by atoms with E-state index in [1.165, 1.54) is 0 Å². The summed E-state index contributed by atoms with van der Waals surface area (Å²) in [6.45, 7) is 2.19. The van der Waals surface area contributed by atoms with Crippen molar-refractivity contribution in [1.82, 2.24) is 10.3 Å². The van der Waals surface area contributed by atoms with Gasteiger partial charge in [-0.25, -0.2) is 4.79 Å². The molecule has 3 aromatic carbocycles. The van der Waals surface area contributed by atoms with Crippen LogP contribution in [0.3, 0.4) is 0 Å². The van der Waals surface area contributed by atoms with Gasteiger partial charge in [-0.3, -0.25) is 4.79 Å². The van der Waals surface area contributed by atoms with Crippen molar-refractivity contribution in [2.24, 2.45) is 11.0 Å². The number of hydrogen-bond acceptors (Lipinski definition) is 3. The zero-order valence-electron chi connectivity index (χ0n) is 16.4. The van der Waals surface area contributed by atoms with Crippen molar-refractivity contribution < 1.29 is 9.59 Å². The molecular formula is C24H23N3O2. The lowest BCUT2D eigenvalue weighted by molar-refractivity contribution is -0.132. The molecule has 5 nitrogen and oxygen atoms in total. The molecule has 29 heavy (non-hydrogen) atoms. The summed E-state index contributed by atoms with van der Waals surface area (Å²) in [6, 6.07) is 17.9. The van der Waals surface area contributed by atoms with Crippen LogP contribution < -0.4 is 5.32 Å². The van der Waals surface area contributed by atoms with Gasteiger partial charge in [-0.15, -0.1) is 5.01 Å². The molecule has 1 N–H and O–H groups in total. The maximum Gasteiger partial charge on any atom is 0.346 e. The van der Waals surface area contributed by atoms with Crippen LogP contribution in [0.5, 0.6) is 0 Å². The maximum absolute atomic E-state index is 13.1. The number of benzene rings is 3. The molecule has 0 atom stereocenters. The van der Waals surface area contributed by atoms with E-state index in [1.807, 2.05) is 36.4 Å². The standard InChI is InChI=1S/C24H23N3O2/c1-16-10-12-24(13-11-16)22(28)27(23(29)26-24)25-15-21-19-8-4-2-6-17(19)14-18-7-3-5-9-20(18)21/h2-9,14-16H,10-13H2,1H3,(H,26,29)/b25-15-. The number of fused-ring (bicyclic) bond motifs is 2. The van der Waals surface area contributed by atoms with Crippen molar-refractivity contribution in [3.63, 3.8) is 0 Å². The monoisotopic (exact) mass is 385 g/mol. The Bertz CT molecular complexity index is 1110. The number of urea groups is 1. The topological polar surface area (TPSA) is 61.8 Å². The molecule has 5 heteroatoms. The number of rotatable bonds is 2. The number of carbonyl (C=O) groups is 2. The molecule has 0 unspecified atom stereocenters. The Kier molecular flexibility index (Phi) is 4.12. The van der Waals surface area contributed by atoms with Crippen molar-refractivity contribution in [3.8, 4) is 0 Å². The molecule has 146 valence electrons. The number of nitrogens with zero attached hydrogens (tertiary/aromatic N) is 2. The normalized spacial score (nSPS) is 24.9. The minimum atomic E-state index is -0.776. The van der Waals surface area contributed by atoms with Gasteiger partial charge in [-0.2, -0.15) is 5.10 Å². The van der Waals surface area contributed by atoms with Crippen LogP contribution in [0, 0.1) is 5.92 Å². The van der Waals surface area contributed by atoms with Gasteiger partial charge in [-0.05, 0) is 59.2 Å². The van der Waals surface area contributed by atoms with E-state index in [4.69, 9.17) is 0 Å². The van der Waals surface area contributed by atoms with E-state index in [9.17, 15) is 9.59 Å². The lowest BCUT2D eigenvalue weighted by Gasteiger charge is -2.33. The van der Waals surface area contributed by atoms with Gasteiger partial charge in [0.2, 0.25) is 0 Å². The van der Waals surface area contributed by atoms with Crippen molar-refractivity contribution in [2.75, 3.05) is 0 Å². The largest absolute Gasteiger partial charge is 0.346 e. The van der Waals surface area contributed by atoms with E-state index in [0.717, 1.165) is 45.0 Å². The predicted octanol–water partition coefficient (Wildman–Crippen LogP) is 4.83. The number of nitrogens with one attached hydrogen (secondary N) is 1. The summed E-state index contributed by atoms with van der Waals surface area (Å²) in [7, 11) is 0. The fraction of sp³-hybridized carbons (Fsp3) is 0.292. The average molecular weight is 385 g/mol. The molecule has 1 aliphatic carbocycles. The smallest absolute Gasteiger partial charge is 0.321 e. The highest BCUT2D eigenvalue weighted by atomic mass is 16.2. The minimum absolute atomic E-state index is 0.227. The summed E-state index contributed by atoms with van der Waals surface area (Å²) in [5, 5.41) is 12.6. The van der Waals surface area contributed by atoms with Crippen LogP contribution >= 0.6 is 0 Å². The first-order valence-electron chi connectivity index (χ1n) is 10.2. The second kappa shape index (κ2) is 6.69. The highest BCUT2D eigenvalue weighted by Gasteiger charge is 2.52. The van der Waals surface area contributed by atoms with Gasteiger partial charge in [0.1, 0.15) is 5.54 Å². The fourth-order valence-electron chi connectivity index (χ4n) is 4.61. The zero-order valence-corrected chi connectivity index (χ0v) is 16.4. The Hall–Kier alpha value is -3.21. The lowest BCUT2D eigenvalue weighted by atomic mass is 9.77. The van der Waals surface area contributed by atoms with Crippen molar-refractivity contribution in [2.45, 2.75) is 38.1 Å². The Labute approximate surface area is 169 Å². The number of hydrogen-bond donors (Lipinski definition) is 1. The van der Waals surface area contributed by atoms with Gasteiger partial charge < -0.3 is 5.32 Å². The SMILES string of the molecule is CC1CCC2(CC1)NC(=O)N(/N=C\c1c3ccccc3cc3ccccc13)C2=O. The van der Waals surface area contributed by atoms with Gasteiger partial charge in [0.25, 0.3) is 5.91 Å². The van der Waals surface area contributed by atoms with E-state index in [2.05, 4.69) is 35.5 Å². The van der Waals surface area contributed by atoms with Crippen LogP contribution in [0.2, 0.25) is 0 Å². The Morgan fingerprint density at radius 1 is 1.00 bits per heavy atom. The average Bonchev–Trinajstić information content (AvgIpc) is 2.97. The zero-order chi connectivity index (χ0) is 20.0. The van der Waals surface area contributed by atoms with E-state index in [1.54, 1.807) is 6.21 Å². The lowest BCUT2D eigenvalue weighted by Crippen LogP contribution is -2.49. The molecule has 2 fully saturated rings. The van der Waals surface area contributed by atoms with E-state index >= 15 is 0 Å². The highest BCUT2D eigenvalue weighted by molar-refractivity contribution is 6.14. The summed E-state index contributed by atoms with van der Waals surface area (Å²) >= 11 is 0. The Balaban J connectivity index is 1.55. The van der Waals surface area contributed by atoms with Crippen LogP contribution in [0.4, 0.5) is 4.79 Å². The molecule has 1 heterocycles. The van der Waals surface area contributed by atoms with E-state index in [0.29, 0.717) is 18.8 Å². The Morgan fingerprint density at radius 2 is 1.59 bits per heavy atom. The predicted molar refractivity (Wildman–Crippen MR) is 115 cm³/mol. The molecule has 5 rings (SSSR count). The Morgan fingerprint density at radius 3 is 2.21 bits per heavy atom. The minimum Gasteiger partial charge on any atom is -0.321 e. The van der Waals surface area contributed by atoms with Gasteiger partial charge >= 0.3 is 6.03 Å². The van der Waals surface area contributed by atoms with Crippen LogP contribution in [0.1, 0.15) is 38.2 Å². The summed E-state index contributed by atoms with van der Waals surface area (Å²) in [5.41, 5.74) is 0.138. The van der Waals surface area contributed by atoms with Gasteiger partial charge in [0.05, 0.1) is 6.21 Å². The molecule has 3 amide bonds. The summed E-state index contributed by atoms with van der Waals surface area (Å²) in [4.78, 5) is 25.6. The van der Waals surface area contributed by atoms with Crippen LogP contribution in [0.15, 0.2) is 59.7 Å². The second-order valence-electron chi connectivity index (χ2n) is 8.29. The molecule has 0 bridgehead atoms. The third-order valence-electron chi connectivity index (χ3n) is 6.38.